The summed E-state index contributed by atoms with van der Waals surface area (Å²) in [6, 6.07) is 78.1. The lowest BCUT2D eigenvalue weighted by Crippen LogP contribution is -2.17. The van der Waals surface area contributed by atoms with E-state index >= 15 is 0 Å². The van der Waals surface area contributed by atoms with E-state index in [-0.39, 0.29) is 5.41 Å². The lowest BCUT2D eigenvalue weighted by molar-refractivity contribution is 0.660. The molecule has 0 saturated heterocycles. The number of hydrogen-bond acceptors (Lipinski definition) is 2. The summed E-state index contributed by atoms with van der Waals surface area (Å²) >= 11 is 1.88. The van der Waals surface area contributed by atoms with Crippen LogP contribution in [0.15, 0.2) is 212 Å². The van der Waals surface area contributed by atoms with Gasteiger partial charge in [-0.1, -0.05) is 190 Å². The van der Waals surface area contributed by atoms with E-state index in [4.69, 9.17) is 0 Å². The average Bonchev–Trinajstić information content (AvgIpc) is 3.79. The lowest BCUT2D eigenvalue weighted by Gasteiger charge is -2.31. The van der Waals surface area contributed by atoms with E-state index in [2.05, 4.69) is 231 Å². The second-order valence-corrected chi connectivity index (χ2v) is 17.1. The topological polar surface area (TPSA) is 3.24 Å². The third-order valence-electron chi connectivity index (χ3n) is 12.3. The van der Waals surface area contributed by atoms with Gasteiger partial charge in [-0.3, -0.25) is 0 Å². The van der Waals surface area contributed by atoms with Crippen LogP contribution in [0.3, 0.4) is 0 Å². The molecular formula is C57H41NS. The number of fused-ring (bicyclic) bond motifs is 6. The van der Waals surface area contributed by atoms with Gasteiger partial charge in [-0.05, 0) is 97.6 Å². The molecule has 1 heterocycles. The van der Waals surface area contributed by atoms with Crippen molar-refractivity contribution in [3.05, 3.63) is 223 Å². The Labute approximate surface area is 350 Å². The molecule has 0 aliphatic heterocycles. The Morgan fingerprint density at radius 3 is 1.66 bits per heavy atom. The molecule has 1 aromatic heterocycles. The molecule has 11 rings (SSSR count). The van der Waals surface area contributed by atoms with Gasteiger partial charge >= 0.3 is 0 Å². The van der Waals surface area contributed by atoms with Crippen molar-refractivity contribution in [2.45, 2.75) is 19.3 Å². The molecule has 2 heteroatoms. The zero-order chi connectivity index (χ0) is 39.5. The van der Waals surface area contributed by atoms with Gasteiger partial charge in [0.25, 0.3) is 0 Å². The second-order valence-electron chi connectivity index (χ2n) is 16.0. The van der Waals surface area contributed by atoms with Crippen LogP contribution in [0.4, 0.5) is 17.1 Å². The van der Waals surface area contributed by atoms with Gasteiger partial charge in [-0.15, -0.1) is 11.3 Å². The van der Waals surface area contributed by atoms with Gasteiger partial charge < -0.3 is 4.90 Å². The first-order valence-electron chi connectivity index (χ1n) is 20.4. The zero-order valence-electron chi connectivity index (χ0n) is 33.1. The molecule has 59 heavy (non-hydrogen) atoms. The molecule has 10 aromatic rings. The van der Waals surface area contributed by atoms with Gasteiger partial charge in [-0.2, -0.15) is 0 Å². The van der Waals surface area contributed by atoms with Crippen molar-refractivity contribution in [3.63, 3.8) is 0 Å². The fourth-order valence-corrected chi connectivity index (χ4v) is 10.6. The van der Waals surface area contributed by atoms with Crippen molar-refractivity contribution >= 4 is 48.6 Å². The maximum Gasteiger partial charge on any atom is 0.0640 e. The van der Waals surface area contributed by atoms with Crippen molar-refractivity contribution in [1.29, 1.82) is 0 Å². The normalized spacial score (nSPS) is 12.7. The minimum absolute atomic E-state index is 0.213. The van der Waals surface area contributed by atoms with Crippen LogP contribution in [-0.2, 0) is 5.41 Å². The highest BCUT2D eigenvalue weighted by molar-refractivity contribution is 7.26. The molecule has 0 bridgehead atoms. The molecule has 1 aliphatic rings. The quantitative estimate of drug-likeness (QED) is 0.156. The first-order chi connectivity index (χ1) is 29.0. The van der Waals surface area contributed by atoms with Gasteiger partial charge in [0.15, 0.2) is 0 Å². The van der Waals surface area contributed by atoms with Crippen LogP contribution >= 0.6 is 11.3 Å². The Morgan fingerprint density at radius 2 is 0.915 bits per heavy atom. The first-order valence-corrected chi connectivity index (χ1v) is 21.2. The van der Waals surface area contributed by atoms with Crippen LogP contribution < -0.4 is 4.90 Å². The molecule has 0 radical (unpaired) electrons. The van der Waals surface area contributed by atoms with E-state index in [0.717, 1.165) is 11.4 Å². The van der Waals surface area contributed by atoms with Crippen molar-refractivity contribution in [3.8, 4) is 55.6 Å². The predicted octanol–water partition coefficient (Wildman–Crippen LogP) is 16.5. The summed E-state index contributed by atoms with van der Waals surface area (Å²) < 4.78 is 2.57. The molecule has 0 atom stereocenters. The zero-order valence-corrected chi connectivity index (χ0v) is 33.9. The Morgan fingerprint density at radius 1 is 0.373 bits per heavy atom. The van der Waals surface area contributed by atoms with Crippen LogP contribution in [-0.4, -0.2) is 0 Å². The predicted molar refractivity (Wildman–Crippen MR) is 253 cm³/mol. The van der Waals surface area contributed by atoms with E-state index in [1.165, 1.54) is 92.6 Å². The van der Waals surface area contributed by atoms with Crippen LogP contribution in [0.5, 0.6) is 0 Å². The summed E-state index contributed by atoms with van der Waals surface area (Å²) in [5.74, 6) is 0. The standard InChI is InChI=1S/C57H41NS/c1-57(2)50-36-41(38-18-6-3-7-19-38)32-34-45(50)46-35-33-42(37-51(46)57)58(53-30-17-28-49-47-25-14-15-31-54(47)59-56(49)53)52-29-16-27-44(40-22-10-5-11-23-40)55(52)48-26-13-12-24-43(48)39-20-8-4-9-21-39/h3-37H,1-2H3. The van der Waals surface area contributed by atoms with Crippen LogP contribution in [0.2, 0.25) is 0 Å². The minimum Gasteiger partial charge on any atom is -0.308 e. The highest BCUT2D eigenvalue weighted by atomic mass is 32.1. The third kappa shape index (κ3) is 5.82. The van der Waals surface area contributed by atoms with Crippen molar-refractivity contribution < 1.29 is 0 Å². The molecular weight excluding hydrogens is 731 g/mol. The number of hydrogen-bond donors (Lipinski definition) is 0. The molecule has 0 spiro atoms. The average molecular weight is 772 g/mol. The maximum atomic E-state index is 2.55. The largest absolute Gasteiger partial charge is 0.308 e. The first kappa shape index (κ1) is 35.2. The lowest BCUT2D eigenvalue weighted by atomic mass is 9.81. The molecule has 0 fully saturated rings. The summed E-state index contributed by atoms with van der Waals surface area (Å²) in [5, 5.41) is 2.57. The molecule has 0 unspecified atom stereocenters. The summed E-state index contributed by atoms with van der Waals surface area (Å²) in [6.45, 7) is 4.79. The van der Waals surface area contributed by atoms with Crippen molar-refractivity contribution in [1.82, 2.24) is 0 Å². The summed E-state index contributed by atoms with van der Waals surface area (Å²) in [6.07, 6.45) is 0. The fourth-order valence-electron chi connectivity index (χ4n) is 9.43. The Balaban J connectivity index is 1.19. The van der Waals surface area contributed by atoms with E-state index in [9.17, 15) is 0 Å². The van der Waals surface area contributed by atoms with Gasteiger partial charge in [0, 0.05) is 32.1 Å². The third-order valence-corrected chi connectivity index (χ3v) is 13.5. The summed E-state index contributed by atoms with van der Waals surface area (Å²) in [7, 11) is 0. The van der Waals surface area contributed by atoms with Gasteiger partial charge in [0.05, 0.1) is 16.1 Å². The van der Waals surface area contributed by atoms with Crippen molar-refractivity contribution in [2.24, 2.45) is 0 Å². The number of anilines is 3. The van der Waals surface area contributed by atoms with Gasteiger partial charge in [0.2, 0.25) is 0 Å². The maximum absolute atomic E-state index is 2.55. The van der Waals surface area contributed by atoms with Crippen molar-refractivity contribution in [2.75, 3.05) is 4.90 Å². The smallest absolute Gasteiger partial charge is 0.0640 e. The molecule has 0 saturated carbocycles. The Hall–Kier alpha value is -7.00. The molecule has 0 N–H and O–H groups in total. The number of thiophene rings is 1. The summed E-state index contributed by atoms with van der Waals surface area (Å²) in [5.41, 5.74) is 18.3. The van der Waals surface area contributed by atoms with Gasteiger partial charge in [-0.25, -0.2) is 0 Å². The van der Waals surface area contributed by atoms with Crippen LogP contribution in [0, 0.1) is 0 Å². The fraction of sp³-hybridized carbons (Fsp3) is 0.0526. The SMILES string of the molecule is CC1(C)c2cc(-c3ccccc3)ccc2-c2ccc(N(c3cccc(-c4ccccc4)c3-c3ccccc3-c3ccccc3)c3cccc4c3sc3ccccc34)cc21. The number of rotatable bonds is 7. The van der Waals surface area contributed by atoms with E-state index in [1.54, 1.807) is 0 Å². The molecule has 1 aliphatic carbocycles. The highest BCUT2D eigenvalue weighted by Crippen LogP contribution is 2.54. The number of nitrogens with zero attached hydrogens (tertiary/aromatic N) is 1. The molecule has 1 nitrogen and oxygen atoms in total. The Bertz CT molecular complexity index is 3180. The second kappa shape index (κ2) is 14.1. The number of benzene rings is 9. The van der Waals surface area contributed by atoms with E-state index in [0.29, 0.717) is 0 Å². The molecule has 280 valence electrons. The van der Waals surface area contributed by atoms with E-state index in [1.807, 2.05) is 11.3 Å². The van der Waals surface area contributed by atoms with Crippen LogP contribution in [0.25, 0.3) is 75.8 Å². The summed E-state index contributed by atoms with van der Waals surface area (Å²) in [4.78, 5) is 2.55. The molecule has 9 aromatic carbocycles. The van der Waals surface area contributed by atoms with E-state index < -0.39 is 0 Å². The Kier molecular flexibility index (Phi) is 8.43. The monoisotopic (exact) mass is 771 g/mol. The van der Waals surface area contributed by atoms with Crippen LogP contribution in [0.1, 0.15) is 25.0 Å². The minimum atomic E-state index is -0.213. The molecule has 0 amide bonds. The van der Waals surface area contributed by atoms with Gasteiger partial charge in [0.1, 0.15) is 0 Å². The highest BCUT2D eigenvalue weighted by Gasteiger charge is 2.37.